The number of hydrogen-bond acceptors (Lipinski definition) is 5. The number of carbonyl (C=O) groups excluding carboxylic acids is 1. The fourth-order valence-electron chi connectivity index (χ4n) is 5.08. The van der Waals surface area contributed by atoms with Gasteiger partial charge < -0.3 is 19.5 Å². The summed E-state index contributed by atoms with van der Waals surface area (Å²) in [4.78, 5) is 27.3. The van der Waals surface area contributed by atoms with Crippen LogP contribution < -0.4 is 14.4 Å². The van der Waals surface area contributed by atoms with Crippen molar-refractivity contribution in [2.24, 2.45) is 0 Å². The highest BCUT2D eigenvalue weighted by molar-refractivity contribution is 6.05. The van der Waals surface area contributed by atoms with Crippen molar-refractivity contribution in [2.75, 3.05) is 25.1 Å². The quantitative estimate of drug-likeness (QED) is 0.396. The Morgan fingerprint density at radius 3 is 2.59 bits per heavy atom. The molecule has 0 unspecified atom stereocenters. The molecule has 5 rings (SSSR count). The van der Waals surface area contributed by atoms with Crippen LogP contribution in [0.2, 0.25) is 0 Å². The van der Waals surface area contributed by atoms with Gasteiger partial charge in [0.05, 0.1) is 24.2 Å². The molecule has 0 saturated heterocycles. The Morgan fingerprint density at radius 1 is 1.05 bits per heavy atom. The third kappa shape index (κ3) is 4.65. The van der Waals surface area contributed by atoms with Crippen LogP contribution in [-0.4, -0.2) is 47.9 Å². The zero-order chi connectivity index (χ0) is 26.3. The highest BCUT2D eigenvalue weighted by Crippen LogP contribution is 2.33. The van der Waals surface area contributed by atoms with Crippen molar-refractivity contribution < 1.29 is 24.2 Å². The SMILES string of the molecule is Cc1ccc2c(c1)N(C)C[C@@H](COc1ccc(C(=O)n3c(C)c(CC(=O)O)c4ccccc43)c(C)c1)O2. The number of anilines is 1. The van der Waals surface area contributed by atoms with Gasteiger partial charge in [-0.3, -0.25) is 14.2 Å². The lowest BCUT2D eigenvalue weighted by atomic mass is 10.1. The minimum absolute atomic E-state index is 0.122. The van der Waals surface area contributed by atoms with E-state index in [0.717, 1.165) is 22.4 Å². The van der Waals surface area contributed by atoms with E-state index >= 15 is 0 Å². The number of benzene rings is 3. The van der Waals surface area contributed by atoms with E-state index in [1.807, 2.05) is 56.4 Å². The van der Waals surface area contributed by atoms with Gasteiger partial charge in [-0.2, -0.15) is 0 Å². The second-order valence-corrected chi connectivity index (χ2v) is 9.67. The van der Waals surface area contributed by atoms with Gasteiger partial charge in [0, 0.05) is 23.7 Å². The van der Waals surface area contributed by atoms with E-state index in [-0.39, 0.29) is 18.4 Å². The summed E-state index contributed by atoms with van der Waals surface area (Å²) in [5, 5.41) is 10.2. The van der Waals surface area contributed by atoms with Gasteiger partial charge in [-0.05, 0) is 73.9 Å². The van der Waals surface area contributed by atoms with Crippen LogP contribution in [0.15, 0.2) is 60.7 Å². The van der Waals surface area contributed by atoms with Crippen molar-refractivity contribution in [1.29, 1.82) is 0 Å². The number of rotatable bonds is 6. The van der Waals surface area contributed by atoms with Crippen molar-refractivity contribution in [2.45, 2.75) is 33.3 Å². The van der Waals surface area contributed by atoms with Crippen LogP contribution in [0.1, 0.15) is 32.7 Å². The first-order chi connectivity index (χ1) is 17.7. The van der Waals surface area contributed by atoms with Gasteiger partial charge in [0.25, 0.3) is 5.91 Å². The number of likely N-dealkylation sites (N-methyl/N-ethyl adjacent to an activating group) is 1. The van der Waals surface area contributed by atoms with Crippen molar-refractivity contribution in [3.05, 3.63) is 88.6 Å². The van der Waals surface area contributed by atoms with Crippen molar-refractivity contribution in [3.8, 4) is 11.5 Å². The van der Waals surface area contributed by atoms with Crippen LogP contribution in [0.5, 0.6) is 11.5 Å². The van der Waals surface area contributed by atoms with E-state index in [1.165, 1.54) is 5.56 Å². The Morgan fingerprint density at radius 2 is 1.84 bits per heavy atom. The Hall–Kier alpha value is -4.26. The third-order valence-corrected chi connectivity index (χ3v) is 6.93. The molecule has 0 amide bonds. The van der Waals surface area contributed by atoms with Crippen LogP contribution in [0.4, 0.5) is 5.69 Å². The number of para-hydroxylation sites is 1. The number of aromatic nitrogens is 1. The fourth-order valence-corrected chi connectivity index (χ4v) is 5.08. The van der Waals surface area contributed by atoms with Crippen molar-refractivity contribution >= 4 is 28.5 Å². The van der Waals surface area contributed by atoms with Gasteiger partial charge in [0.2, 0.25) is 0 Å². The first-order valence-corrected chi connectivity index (χ1v) is 12.3. The summed E-state index contributed by atoms with van der Waals surface area (Å²) in [6.45, 7) is 6.83. The molecule has 7 nitrogen and oxygen atoms in total. The van der Waals surface area contributed by atoms with E-state index in [9.17, 15) is 14.7 Å². The Kier molecular flexibility index (Phi) is 6.38. The molecule has 1 aromatic heterocycles. The minimum atomic E-state index is -0.928. The maximum atomic E-state index is 13.6. The average Bonchev–Trinajstić information content (AvgIpc) is 3.13. The Bertz CT molecular complexity index is 1520. The molecule has 0 fully saturated rings. The first-order valence-electron chi connectivity index (χ1n) is 12.3. The highest BCUT2D eigenvalue weighted by atomic mass is 16.5. The smallest absolute Gasteiger partial charge is 0.307 e. The number of aryl methyl sites for hydroxylation is 2. The molecule has 0 saturated carbocycles. The maximum Gasteiger partial charge on any atom is 0.307 e. The molecule has 3 aromatic carbocycles. The van der Waals surface area contributed by atoms with E-state index in [2.05, 4.69) is 17.9 Å². The lowest BCUT2D eigenvalue weighted by Gasteiger charge is -2.34. The van der Waals surface area contributed by atoms with Gasteiger partial charge in [0.15, 0.2) is 0 Å². The number of ether oxygens (including phenoxy) is 2. The largest absolute Gasteiger partial charge is 0.490 e. The second-order valence-electron chi connectivity index (χ2n) is 9.67. The number of carboxylic acids is 1. The summed E-state index contributed by atoms with van der Waals surface area (Å²) in [5.41, 5.74) is 5.59. The number of hydrogen-bond donors (Lipinski definition) is 1. The summed E-state index contributed by atoms with van der Waals surface area (Å²) in [7, 11) is 2.05. The zero-order valence-corrected chi connectivity index (χ0v) is 21.4. The van der Waals surface area contributed by atoms with Crippen LogP contribution in [0.3, 0.4) is 0 Å². The molecule has 0 spiro atoms. The minimum Gasteiger partial charge on any atom is -0.490 e. The van der Waals surface area contributed by atoms with Crippen LogP contribution in [0, 0.1) is 20.8 Å². The van der Waals surface area contributed by atoms with Crippen LogP contribution >= 0.6 is 0 Å². The predicted octanol–water partition coefficient (Wildman–Crippen LogP) is 5.16. The number of nitrogens with zero attached hydrogens (tertiary/aromatic N) is 2. The monoisotopic (exact) mass is 498 g/mol. The molecule has 1 aliphatic rings. The average molecular weight is 499 g/mol. The number of carbonyl (C=O) groups is 2. The van der Waals surface area contributed by atoms with Gasteiger partial charge in [-0.25, -0.2) is 0 Å². The fraction of sp³-hybridized carbons (Fsp3) is 0.267. The lowest BCUT2D eigenvalue weighted by Crippen LogP contribution is -2.41. The van der Waals surface area contributed by atoms with Crippen LogP contribution in [0.25, 0.3) is 10.9 Å². The lowest BCUT2D eigenvalue weighted by molar-refractivity contribution is -0.136. The molecule has 1 N–H and O–H groups in total. The molecule has 7 heteroatoms. The molecule has 2 heterocycles. The second kappa shape index (κ2) is 9.65. The van der Waals surface area contributed by atoms with Gasteiger partial charge in [-0.15, -0.1) is 0 Å². The topological polar surface area (TPSA) is 81.0 Å². The summed E-state index contributed by atoms with van der Waals surface area (Å²) in [6.07, 6.45) is -0.260. The first kappa shape index (κ1) is 24.4. The van der Waals surface area contributed by atoms with Crippen molar-refractivity contribution in [1.82, 2.24) is 4.57 Å². The molecule has 37 heavy (non-hydrogen) atoms. The summed E-state index contributed by atoms with van der Waals surface area (Å²) >= 11 is 0. The zero-order valence-electron chi connectivity index (χ0n) is 21.4. The van der Waals surface area contributed by atoms with E-state index in [0.29, 0.717) is 41.2 Å². The van der Waals surface area contributed by atoms with E-state index in [4.69, 9.17) is 9.47 Å². The highest BCUT2D eigenvalue weighted by Gasteiger charge is 2.25. The molecule has 0 aliphatic carbocycles. The Labute approximate surface area is 215 Å². The molecule has 0 bridgehead atoms. The molecule has 190 valence electrons. The molecule has 1 aliphatic heterocycles. The molecule has 1 atom stereocenters. The third-order valence-electron chi connectivity index (χ3n) is 6.93. The summed E-state index contributed by atoms with van der Waals surface area (Å²) in [5.74, 6) is 0.388. The number of fused-ring (bicyclic) bond motifs is 2. The van der Waals surface area contributed by atoms with Gasteiger partial charge in [0.1, 0.15) is 24.2 Å². The van der Waals surface area contributed by atoms with Crippen molar-refractivity contribution in [3.63, 3.8) is 0 Å². The standard InChI is InChI=1S/C30H30N2O5/c1-18-9-12-28-27(13-18)31(4)16-22(37-28)17-36-21-10-11-23(19(2)14-21)30(35)32-20(3)25(15-29(33)34)24-7-5-6-8-26(24)32/h5-14,22H,15-17H2,1-4H3,(H,33,34)/t22-/m0/s1. The van der Waals surface area contributed by atoms with Gasteiger partial charge >= 0.3 is 5.97 Å². The maximum absolute atomic E-state index is 13.6. The number of carboxylic acid groups (broad SMARTS) is 1. The van der Waals surface area contributed by atoms with Crippen LogP contribution in [-0.2, 0) is 11.2 Å². The summed E-state index contributed by atoms with van der Waals surface area (Å²) < 4.78 is 13.8. The molecular weight excluding hydrogens is 468 g/mol. The van der Waals surface area contributed by atoms with Gasteiger partial charge in [-0.1, -0.05) is 24.3 Å². The normalized spacial score (nSPS) is 14.8. The van der Waals surface area contributed by atoms with E-state index < -0.39 is 5.97 Å². The summed E-state index contributed by atoms with van der Waals surface area (Å²) in [6, 6.07) is 19.0. The van der Waals surface area contributed by atoms with E-state index in [1.54, 1.807) is 23.6 Å². The molecule has 0 radical (unpaired) electrons. The Balaban J connectivity index is 1.35. The molecular formula is C30H30N2O5. The molecule has 4 aromatic rings. The predicted molar refractivity (Wildman–Crippen MR) is 143 cm³/mol. The number of aliphatic carboxylic acids is 1.